The third-order valence-corrected chi connectivity index (χ3v) is 5.13. The quantitative estimate of drug-likeness (QED) is 0.849. The van der Waals surface area contributed by atoms with Crippen molar-refractivity contribution in [3.05, 3.63) is 28.3 Å². The Balaban J connectivity index is 2.29. The fourth-order valence-electron chi connectivity index (χ4n) is 2.14. The molecule has 2 rings (SSSR count). The van der Waals surface area contributed by atoms with Crippen LogP contribution in [0.25, 0.3) is 0 Å². The fraction of sp³-hybridized carbons (Fsp3) is 0.462. The molecule has 1 aromatic carbocycles. The lowest BCUT2D eigenvalue weighted by atomic mass is 10.1. The zero-order valence-electron chi connectivity index (χ0n) is 11.4. The van der Waals surface area contributed by atoms with Gasteiger partial charge in [-0.15, -0.1) is 0 Å². The molecule has 0 aliphatic carbocycles. The van der Waals surface area contributed by atoms with Crippen LogP contribution in [0.2, 0.25) is 5.02 Å². The Morgan fingerprint density at radius 1 is 1.33 bits per heavy atom. The van der Waals surface area contributed by atoms with Gasteiger partial charge in [0, 0.05) is 40.5 Å². The van der Waals surface area contributed by atoms with Crippen LogP contribution in [0.5, 0.6) is 0 Å². The second-order valence-electron chi connectivity index (χ2n) is 4.88. The lowest BCUT2D eigenvalue weighted by Gasteiger charge is -2.23. The summed E-state index contributed by atoms with van der Waals surface area (Å²) in [7, 11) is 1.37. The number of amides is 1. The van der Waals surface area contributed by atoms with Crippen molar-refractivity contribution >= 4 is 37.2 Å². The van der Waals surface area contributed by atoms with Crippen molar-refractivity contribution in [2.24, 2.45) is 0 Å². The molecule has 0 bridgehead atoms. The van der Waals surface area contributed by atoms with Crippen LogP contribution in [0.15, 0.2) is 17.0 Å². The molecule has 1 aliphatic heterocycles. The molecule has 0 spiro atoms. The predicted octanol–water partition coefficient (Wildman–Crippen LogP) is 2.48. The van der Waals surface area contributed by atoms with Gasteiger partial charge in [-0.05, 0) is 37.5 Å². The molecule has 1 N–H and O–H groups in total. The maximum atomic E-state index is 12.3. The van der Waals surface area contributed by atoms with Crippen LogP contribution in [0.3, 0.4) is 0 Å². The third-order valence-electron chi connectivity index (χ3n) is 3.40. The second-order valence-corrected chi connectivity index (χ2v) is 7.85. The van der Waals surface area contributed by atoms with Gasteiger partial charge in [-0.25, -0.2) is 8.42 Å². The van der Waals surface area contributed by atoms with Gasteiger partial charge in [0.25, 0.3) is 15.0 Å². The van der Waals surface area contributed by atoms with Crippen LogP contribution in [-0.4, -0.2) is 33.6 Å². The number of benzene rings is 1. The summed E-state index contributed by atoms with van der Waals surface area (Å²) in [6.45, 7) is 2.85. The minimum absolute atomic E-state index is 0.0145. The average molecular weight is 352 g/mol. The molecule has 0 unspecified atom stereocenters. The number of carbonyl (C=O) groups excluding carboxylic acids is 1. The van der Waals surface area contributed by atoms with Crippen molar-refractivity contribution in [2.75, 3.05) is 13.2 Å². The van der Waals surface area contributed by atoms with E-state index in [9.17, 15) is 13.2 Å². The van der Waals surface area contributed by atoms with Gasteiger partial charge >= 0.3 is 0 Å². The Kier molecular flexibility index (Phi) is 5.14. The zero-order valence-corrected chi connectivity index (χ0v) is 13.7. The number of hydrogen-bond donors (Lipinski definition) is 1. The van der Waals surface area contributed by atoms with E-state index in [-0.39, 0.29) is 27.4 Å². The summed E-state index contributed by atoms with van der Waals surface area (Å²) < 4.78 is 28.1. The molecule has 116 valence electrons. The van der Waals surface area contributed by atoms with E-state index in [0.717, 1.165) is 12.8 Å². The molecule has 21 heavy (non-hydrogen) atoms. The number of carbonyl (C=O) groups is 1. The smallest absolute Gasteiger partial charge is 0.261 e. The molecule has 1 aliphatic rings. The maximum Gasteiger partial charge on any atom is 0.261 e. The first kappa shape index (κ1) is 16.5. The molecule has 1 fully saturated rings. The monoisotopic (exact) mass is 351 g/mol. The highest BCUT2D eigenvalue weighted by Crippen LogP contribution is 2.26. The second kappa shape index (κ2) is 6.52. The van der Waals surface area contributed by atoms with E-state index in [0.29, 0.717) is 18.8 Å². The Hall–Kier alpha value is -0.820. The summed E-state index contributed by atoms with van der Waals surface area (Å²) in [5, 5.41) is 3.06. The van der Waals surface area contributed by atoms with Crippen molar-refractivity contribution < 1.29 is 17.9 Å². The zero-order chi connectivity index (χ0) is 15.6. The van der Waals surface area contributed by atoms with E-state index < -0.39 is 9.05 Å². The number of ether oxygens (including phenoxy) is 1. The highest BCUT2D eigenvalue weighted by Gasteiger charge is 2.21. The van der Waals surface area contributed by atoms with Crippen molar-refractivity contribution in [1.82, 2.24) is 5.32 Å². The molecule has 1 heterocycles. The van der Waals surface area contributed by atoms with Crippen LogP contribution >= 0.6 is 22.3 Å². The first-order valence-corrected chi connectivity index (χ1v) is 9.11. The van der Waals surface area contributed by atoms with E-state index in [1.54, 1.807) is 6.92 Å². The van der Waals surface area contributed by atoms with Crippen LogP contribution in [0.4, 0.5) is 0 Å². The van der Waals surface area contributed by atoms with Gasteiger partial charge in [0.05, 0.1) is 4.90 Å². The minimum Gasteiger partial charge on any atom is -0.381 e. The first-order valence-electron chi connectivity index (χ1n) is 6.42. The van der Waals surface area contributed by atoms with E-state index >= 15 is 0 Å². The topological polar surface area (TPSA) is 72.5 Å². The number of rotatable bonds is 3. The van der Waals surface area contributed by atoms with Crippen molar-refractivity contribution in [2.45, 2.75) is 30.7 Å². The van der Waals surface area contributed by atoms with E-state index in [1.807, 2.05) is 0 Å². The number of halogens is 2. The lowest BCUT2D eigenvalue weighted by Crippen LogP contribution is -2.39. The summed E-state index contributed by atoms with van der Waals surface area (Å²) in [6.07, 6.45) is 1.46. The van der Waals surface area contributed by atoms with Gasteiger partial charge in [0.15, 0.2) is 0 Å². The van der Waals surface area contributed by atoms with Gasteiger partial charge in [0.1, 0.15) is 0 Å². The average Bonchev–Trinajstić information content (AvgIpc) is 2.41. The summed E-state index contributed by atoms with van der Waals surface area (Å²) in [6, 6.07) is 2.50. The SMILES string of the molecule is Cc1c(Cl)cc(S(=O)(=O)Cl)cc1C(=O)NC1CCOCC1. The largest absolute Gasteiger partial charge is 0.381 e. The van der Waals surface area contributed by atoms with Crippen molar-refractivity contribution in [1.29, 1.82) is 0 Å². The van der Waals surface area contributed by atoms with E-state index in [1.165, 1.54) is 12.1 Å². The molecule has 1 aromatic rings. The highest BCUT2D eigenvalue weighted by atomic mass is 35.7. The van der Waals surface area contributed by atoms with Gasteiger partial charge < -0.3 is 10.1 Å². The lowest BCUT2D eigenvalue weighted by molar-refractivity contribution is 0.0696. The molecule has 0 aromatic heterocycles. The molecule has 8 heteroatoms. The summed E-state index contributed by atoms with van der Waals surface area (Å²) in [5.41, 5.74) is 0.735. The van der Waals surface area contributed by atoms with Crippen LogP contribution in [0, 0.1) is 6.92 Å². The molecule has 0 atom stereocenters. The summed E-state index contributed by atoms with van der Waals surface area (Å²) in [5.74, 6) is -0.358. The summed E-state index contributed by atoms with van der Waals surface area (Å²) >= 11 is 5.99. The highest BCUT2D eigenvalue weighted by molar-refractivity contribution is 8.13. The molecular weight excluding hydrogens is 337 g/mol. The molecule has 1 saturated heterocycles. The number of hydrogen-bond acceptors (Lipinski definition) is 4. The fourth-order valence-corrected chi connectivity index (χ4v) is 3.20. The van der Waals surface area contributed by atoms with Gasteiger partial charge in [-0.1, -0.05) is 11.6 Å². The Morgan fingerprint density at radius 3 is 2.52 bits per heavy atom. The normalized spacial score (nSPS) is 16.7. The minimum atomic E-state index is -3.94. The van der Waals surface area contributed by atoms with Crippen LogP contribution in [0.1, 0.15) is 28.8 Å². The summed E-state index contributed by atoms with van der Waals surface area (Å²) in [4.78, 5) is 12.1. The first-order chi connectivity index (χ1) is 9.79. The molecule has 5 nitrogen and oxygen atoms in total. The van der Waals surface area contributed by atoms with Gasteiger partial charge in [0.2, 0.25) is 0 Å². The third kappa shape index (κ3) is 4.10. The van der Waals surface area contributed by atoms with E-state index in [2.05, 4.69) is 5.32 Å². The molecule has 0 radical (unpaired) electrons. The van der Waals surface area contributed by atoms with Crippen molar-refractivity contribution in [3.63, 3.8) is 0 Å². The Morgan fingerprint density at radius 2 is 1.95 bits per heavy atom. The molecule has 1 amide bonds. The Bertz CT molecular complexity index is 654. The van der Waals surface area contributed by atoms with Gasteiger partial charge in [-0.2, -0.15) is 0 Å². The number of nitrogens with one attached hydrogen (secondary N) is 1. The van der Waals surface area contributed by atoms with Gasteiger partial charge in [-0.3, -0.25) is 4.79 Å². The van der Waals surface area contributed by atoms with E-state index in [4.69, 9.17) is 27.0 Å². The van der Waals surface area contributed by atoms with Crippen LogP contribution in [-0.2, 0) is 13.8 Å². The molecule has 0 saturated carbocycles. The molecular formula is C13H15Cl2NO4S. The Labute approximate surface area is 133 Å². The maximum absolute atomic E-state index is 12.3. The van der Waals surface area contributed by atoms with Crippen LogP contribution < -0.4 is 5.32 Å². The standard InChI is InChI=1S/C13H15Cl2NO4S/c1-8-11(6-10(7-12(8)14)21(15,18)19)13(17)16-9-2-4-20-5-3-9/h6-7,9H,2-5H2,1H3,(H,16,17). The van der Waals surface area contributed by atoms with Crippen molar-refractivity contribution in [3.8, 4) is 0 Å². The predicted molar refractivity (Wildman–Crippen MR) is 80.5 cm³/mol.